The third kappa shape index (κ3) is 6.56. The fourth-order valence-electron chi connectivity index (χ4n) is 1.46. The number of carboxylic acids is 1. The Bertz CT molecular complexity index is 507. The van der Waals surface area contributed by atoms with Gasteiger partial charge in [-0.1, -0.05) is 13.8 Å². The maximum atomic E-state index is 11.7. The zero-order chi connectivity index (χ0) is 15.8. The molecule has 0 heterocycles. The van der Waals surface area contributed by atoms with E-state index in [1.54, 1.807) is 24.3 Å². The third-order valence-corrected chi connectivity index (χ3v) is 2.52. The first-order chi connectivity index (χ1) is 9.88. The van der Waals surface area contributed by atoms with Crippen molar-refractivity contribution in [1.29, 1.82) is 0 Å². The summed E-state index contributed by atoms with van der Waals surface area (Å²) in [7, 11) is 0. The molecule has 0 aromatic heterocycles. The Morgan fingerprint density at radius 3 is 2.29 bits per heavy atom. The highest BCUT2D eigenvalue weighted by molar-refractivity contribution is 5.94. The molecular weight excluding hydrogens is 274 g/mol. The van der Waals surface area contributed by atoms with E-state index in [0.717, 1.165) is 0 Å². The first-order valence-electron chi connectivity index (χ1n) is 6.67. The number of carbonyl (C=O) groups is 3. The molecule has 6 heteroatoms. The van der Waals surface area contributed by atoms with E-state index in [4.69, 9.17) is 9.84 Å². The molecule has 1 aromatic carbocycles. The third-order valence-electron chi connectivity index (χ3n) is 2.52. The van der Waals surface area contributed by atoms with Crippen molar-refractivity contribution in [1.82, 2.24) is 0 Å². The molecule has 0 fully saturated rings. The molecular formula is C15H19NO5. The average Bonchev–Trinajstić information content (AvgIpc) is 2.43. The van der Waals surface area contributed by atoms with Crippen LogP contribution in [-0.2, 0) is 14.3 Å². The second kappa shape index (κ2) is 8.04. The molecule has 0 radical (unpaired) electrons. The van der Waals surface area contributed by atoms with Gasteiger partial charge in [-0.3, -0.25) is 9.59 Å². The Morgan fingerprint density at radius 2 is 1.76 bits per heavy atom. The van der Waals surface area contributed by atoms with Crippen molar-refractivity contribution >= 4 is 23.5 Å². The summed E-state index contributed by atoms with van der Waals surface area (Å²) >= 11 is 0. The van der Waals surface area contributed by atoms with Gasteiger partial charge in [0.15, 0.2) is 0 Å². The molecule has 0 aliphatic rings. The molecule has 0 atom stereocenters. The Hall–Kier alpha value is -2.37. The lowest BCUT2D eigenvalue weighted by atomic mass is 10.2. The second-order valence-corrected chi connectivity index (χ2v) is 5.01. The summed E-state index contributed by atoms with van der Waals surface area (Å²) in [6.45, 7) is 4.25. The molecule has 114 valence electrons. The standard InChI is InChI=1S/C15H19NO5/c1-10(2)9-21-15(20)11-3-5-12(6-4-11)16-13(17)7-8-14(18)19/h3-6,10H,7-9H2,1-2H3,(H,16,17)(H,18,19). The van der Waals surface area contributed by atoms with Gasteiger partial charge in [-0.15, -0.1) is 0 Å². The molecule has 1 rings (SSSR count). The molecule has 0 saturated carbocycles. The van der Waals surface area contributed by atoms with Gasteiger partial charge in [-0.05, 0) is 30.2 Å². The molecule has 1 aromatic rings. The van der Waals surface area contributed by atoms with Crippen LogP contribution in [0.15, 0.2) is 24.3 Å². The van der Waals surface area contributed by atoms with E-state index in [-0.39, 0.29) is 24.7 Å². The predicted molar refractivity (Wildman–Crippen MR) is 77.1 cm³/mol. The van der Waals surface area contributed by atoms with Gasteiger partial charge in [-0.2, -0.15) is 0 Å². The van der Waals surface area contributed by atoms with E-state index in [1.807, 2.05) is 13.8 Å². The minimum Gasteiger partial charge on any atom is -0.481 e. The molecule has 2 N–H and O–H groups in total. The average molecular weight is 293 g/mol. The van der Waals surface area contributed by atoms with Crippen LogP contribution in [-0.4, -0.2) is 29.6 Å². The number of ether oxygens (including phenoxy) is 1. The van der Waals surface area contributed by atoms with Crippen molar-refractivity contribution < 1.29 is 24.2 Å². The number of benzene rings is 1. The van der Waals surface area contributed by atoms with E-state index >= 15 is 0 Å². The van der Waals surface area contributed by atoms with Crippen LogP contribution in [0.3, 0.4) is 0 Å². The number of hydrogen-bond donors (Lipinski definition) is 2. The van der Waals surface area contributed by atoms with Crippen molar-refractivity contribution in [3.8, 4) is 0 Å². The quantitative estimate of drug-likeness (QED) is 0.752. The smallest absolute Gasteiger partial charge is 0.338 e. The Labute approximate surface area is 123 Å². The van der Waals surface area contributed by atoms with Crippen molar-refractivity contribution in [2.24, 2.45) is 5.92 Å². The number of amides is 1. The van der Waals surface area contributed by atoms with Crippen molar-refractivity contribution in [2.75, 3.05) is 11.9 Å². The number of anilines is 1. The topological polar surface area (TPSA) is 92.7 Å². The zero-order valence-corrected chi connectivity index (χ0v) is 12.1. The van der Waals surface area contributed by atoms with Gasteiger partial charge >= 0.3 is 11.9 Å². The van der Waals surface area contributed by atoms with Crippen LogP contribution in [0, 0.1) is 5.92 Å². The van der Waals surface area contributed by atoms with E-state index in [0.29, 0.717) is 17.9 Å². The van der Waals surface area contributed by atoms with Gasteiger partial charge in [-0.25, -0.2) is 4.79 Å². The maximum Gasteiger partial charge on any atom is 0.338 e. The van der Waals surface area contributed by atoms with Crippen molar-refractivity contribution in [3.05, 3.63) is 29.8 Å². The van der Waals surface area contributed by atoms with E-state index in [1.165, 1.54) is 0 Å². The highest BCUT2D eigenvalue weighted by Gasteiger charge is 2.09. The van der Waals surface area contributed by atoms with E-state index in [9.17, 15) is 14.4 Å². The van der Waals surface area contributed by atoms with Crippen molar-refractivity contribution in [2.45, 2.75) is 26.7 Å². The van der Waals surface area contributed by atoms with Crippen LogP contribution in [0.5, 0.6) is 0 Å². The lowest BCUT2D eigenvalue weighted by Crippen LogP contribution is -2.13. The summed E-state index contributed by atoms with van der Waals surface area (Å²) in [5.41, 5.74) is 0.907. The Balaban J connectivity index is 2.51. The lowest BCUT2D eigenvalue weighted by molar-refractivity contribution is -0.138. The summed E-state index contributed by atoms with van der Waals surface area (Å²) in [6, 6.07) is 6.25. The number of hydrogen-bond acceptors (Lipinski definition) is 4. The van der Waals surface area contributed by atoms with Gasteiger partial charge in [0.2, 0.25) is 5.91 Å². The normalized spacial score (nSPS) is 10.2. The minimum atomic E-state index is -1.02. The predicted octanol–water partition coefficient (Wildman–Crippen LogP) is 2.30. The monoisotopic (exact) mass is 293 g/mol. The van der Waals surface area contributed by atoms with Crippen LogP contribution in [0.25, 0.3) is 0 Å². The molecule has 0 unspecified atom stereocenters. The van der Waals surface area contributed by atoms with Crippen LogP contribution in [0.1, 0.15) is 37.0 Å². The lowest BCUT2D eigenvalue weighted by Gasteiger charge is -2.08. The van der Waals surface area contributed by atoms with Gasteiger partial charge in [0.05, 0.1) is 18.6 Å². The zero-order valence-electron chi connectivity index (χ0n) is 12.1. The number of aliphatic carboxylic acids is 1. The van der Waals surface area contributed by atoms with Gasteiger partial charge < -0.3 is 15.2 Å². The number of carboxylic acid groups (broad SMARTS) is 1. The first-order valence-corrected chi connectivity index (χ1v) is 6.67. The summed E-state index contributed by atoms with van der Waals surface area (Å²) < 4.78 is 5.08. The second-order valence-electron chi connectivity index (χ2n) is 5.01. The maximum absolute atomic E-state index is 11.7. The summed E-state index contributed by atoms with van der Waals surface area (Å²) in [6.07, 6.45) is -0.307. The highest BCUT2D eigenvalue weighted by atomic mass is 16.5. The number of esters is 1. The number of nitrogens with one attached hydrogen (secondary N) is 1. The minimum absolute atomic E-state index is 0.0898. The van der Waals surface area contributed by atoms with E-state index < -0.39 is 11.9 Å². The van der Waals surface area contributed by atoms with Crippen LogP contribution < -0.4 is 5.32 Å². The SMILES string of the molecule is CC(C)COC(=O)c1ccc(NC(=O)CCC(=O)O)cc1. The van der Waals surface area contributed by atoms with E-state index in [2.05, 4.69) is 5.32 Å². The summed E-state index contributed by atoms with van der Waals surface area (Å²) in [5, 5.41) is 11.0. The number of carbonyl (C=O) groups excluding carboxylic acids is 2. The first kappa shape index (κ1) is 16.7. The summed E-state index contributed by atoms with van der Waals surface area (Å²) in [5.74, 6) is -1.55. The Morgan fingerprint density at radius 1 is 1.14 bits per heavy atom. The van der Waals surface area contributed by atoms with Gasteiger partial charge in [0, 0.05) is 12.1 Å². The fraction of sp³-hybridized carbons (Fsp3) is 0.400. The molecule has 0 aliphatic heterocycles. The van der Waals surface area contributed by atoms with Gasteiger partial charge in [0.25, 0.3) is 0 Å². The Kier molecular flexibility index (Phi) is 6.39. The fourth-order valence-corrected chi connectivity index (χ4v) is 1.46. The molecule has 6 nitrogen and oxygen atoms in total. The molecule has 1 amide bonds. The van der Waals surface area contributed by atoms with Crippen LogP contribution in [0.4, 0.5) is 5.69 Å². The molecule has 0 bridgehead atoms. The number of rotatable bonds is 7. The van der Waals surface area contributed by atoms with Crippen molar-refractivity contribution in [3.63, 3.8) is 0 Å². The summed E-state index contributed by atoms with van der Waals surface area (Å²) in [4.78, 5) is 33.5. The molecule has 21 heavy (non-hydrogen) atoms. The van der Waals surface area contributed by atoms with Crippen LogP contribution >= 0.6 is 0 Å². The van der Waals surface area contributed by atoms with Crippen LogP contribution in [0.2, 0.25) is 0 Å². The van der Waals surface area contributed by atoms with Gasteiger partial charge in [0.1, 0.15) is 0 Å². The molecule has 0 saturated heterocycles. The molecule has 0 spiro atoms. The highest BCUT2D eigenvalue weighted by Crippen LogP contribution is 2.11. The molecule has 0 aliphatic carbocycles. The largest absolute Gasteiger partial charge is 0.481 e.